The standard InChI is InChI=1S/C23H25N3O3/c1-24-11-13-25(14-12-24)22(28)20-18-9-5-6-10-19(18)21(27)26-15-16-29-23(20,26)17-7-3-2-4-8-17/h2-10,20H,11-16H2,1H3/t20-,23+/m0/s1. The Balaban J connectivity index is 1.68. The van der Waals surface area contributed by atoms with Gasteiger partial charge < -0.3 is 19.4 Å². The van der Waals surface area contributed by atoms with Crippen LogP contribution in [0.25, 0.3) is 0 Å². The highest BCUT2D eigenvalue weighted by Crippen LogP contribution is 2.51. The van der Waals surface area contributed by atoms with E-state index in [-0.39, 0.29) is 11.8 Å². The predicted octanol–water partition coefficient (Wildman–Crippen LogP) is 1.88. The van der Waals surface area contributed by atoms with Crippen LogP contribution in [0, 0.1) is 0 Å². The number of rotatable bonds is 2. The predicted molar refractivity (Wildman–Crippen MR) is 108 cm³/mol. The van der Waals surface area contributed by atoms with Crippen LogP contribution in [0.15, 0.2) is 54.6 Å². The molecule has 2 atom stereocenters. The van der Waals surface area contributed by atoms with E-state index in [1.165, 1.54) is 0 Å². The molecule has 6 heteroatoms. The van der Waals surface area contributed by atoms with E-state index in [1.54, 1.807) is 4.90 Å². The highest BCUT2D eigenvalue weighted by Gasteiger charge is 2.60. The number of carbonyl (C=O) groups is 2. The van der Waals surface area contributed by atoms with Gasteiger partial charge in [-0.1, -0.05) is 48.5 Å². The molecule has 3 aliphatic heterocycles. The highest BCUT2D eigenvalue weighted by molar-refractivity contribution is 6.02. The molecular weight excluding hydrogens is 366 g/mol. The zero-order valence-corrected chi connectivity index (χ0v) is 16.6. The van der Waals surface area contributed by atoms with Crippen LogP contribution in [0.2, 0.25) is 0 Å². The third-order valence-electron chi connectivity index (χ3n) is 6.43. The summed E-state index contributed by atoms with van der Waals surface area (Å²) >= 11 is 0. The van der Waals surface area contributed by atoms with Crippen molar-refractivity contribution in [3.05, 3.63) is 71.3 Å². The van der Waals surface area contributed by atoms with Crippen LogP contribution >= 0.6 is 0 Å². The lowest BCUT2D eigenvalue weighted by atomic mass is 9.76. The van der Waals surface area contributed by atoms with Gasteiger partial charge in [-0.05, 0) is 18.7 Å². The number of likely N-dealkylation sites (N-methyl/N-ethyl adjacent to an activating group) is 1. The third kappa shape index (κ3) is 2.70. The molecule has 0 aromatic heterocycles. The maximum Gasteiger partial charge on any atom is 0.256 e. The molecule has 0 aliphatic carbocycles. The molecule has 3 heterocycles. The molecule has 3 aliphatic rings. The fourth-order valence-electron chi connectivity index (χ4n) is 4.92. The van der Waals surface area contributed by atoms with Crippen molar-refractivity contribution in [1.82, 2.24) is 14.7 Å². The topological polar surface area (TPSA) is 53.1 Å². The zero-order valence-electron chi connectivity index (χ0n) is 16.6. The molecule has 0 spiro atoms. The Hall–Kier alpha value is -2.70. The Morgan fingerprint density at radius 3 is 2.41 bits per heavy atom. The van der Waals surface area contributed by atoms with Gasteiger partial charge in [-0.2, -0.15) is 0 Å². The second kappa shape index (κ2) is 6.97. The molecule has 0 saturated carbocycles. The molecule has 2 saturated heterocycles. The van der Waals surface area contributed by atoms with Crippen molar-refractivity contribution in [2.24, 2.45) is 0 Å². The third-order valence-corrected chi connectivity index (χ3v) is 6.43. The average molecular weight is 391 g/mol. The number of piperazine rings is 1. The lowest BCUT2D eigenvalue weighted by Crippen LogP contribution is -2.59. The van der Waals surface area contributed by atoms with Gasteiger partial charge in [0.15, 0.2) is 5.72 Å². The highest BCUT2D eigenvalue weighted by atomic mass is 16.5. The summed E-state index contributed by atoms with van der Waals surface area (Å²) < 4.78 is 6.35. The molecule has 0 bridgehead atoms. The fraction of sp³-hybridized carbons (Fsp3) is 0.391. The Labute approximate surface area is 170 Å². The number of benzene rings is 2. The molecule has 0 N–H and O–H groups in total. The van der Waals surface area contributed by atoms with Gasteiger partial charge in [-0.3, -0.25) is 9.59 Å². The van der Waals surface area contributed by atoms with Crippen LogP contribution in [-0.4, -0.2) is 72.9 Å². The smallest absolute Gasteiger partial charge is 0.256 e. The molecule has 2 aromatic carbocycles. The first-order chi connectivity index (χ1) is 14.1. The first-order valence-electron chi connectivity index (χ1n) is 10.2. The number of hydrogen-bond donors (Lipinski definition) is 0. The summed E-state index contributed by atoms with van der Waals surface area (Å²) in [7, 11) is 2.07. The van der Waals surface area contributed by atoms with Crippen LogP contribution in [0.1, 0.15) is 27.4 Å². The van der Waals surface area contributed by atoms with Gasteiger partial charge in [0.25, 0.3) is 5.91 Å². The molecule has 2 aromatic rings. The van der Waals surface area contributed by atoms with E-state index in [9.17, 15) is 9.59 Å². The number of carbonyl (C=O) groups excluding carboxylic acids is 2. The molecule has 150 valence electrons. The summed E-state index contributed by atoms with van der Waals surface area (Å²) in [6.45, 7) is 3.97. The van der Waals surface area contributed by atoms with Crippen molar-refractivity contribution in [3.8, 4) is 0 Å². The molecule has 2 amide bonds. The van der Waals surface area contributed by atoms with Gasteiger partial charge in [0.2, 0.25) is 5.91 Å². The number of hydrogen-bond acceptors (Lipinski definition) is 4. The summed E-state index contributed by atoms with van der Waals surface area (Å²) in [6.07, 6.45) is 0. The van der Waals surface area contributed by atoms with Crippen molar-refractivity contribution in [3.63, 3.8) is 0 Å². The number of ether oxygens (including phenoxy) is 1. The summed E-state index contributed by atoms with van der Waals surface area (Å²) in [4.78, 5) is 33.2. The lowest BCUT2D eigenvalue weighted by Gasteiger charge is -2.48. The van der Waals surface area contributed by atoms with Crippen LogP contribution in [0.3, 0.4) is 0 Å². The Morgan fingerprint density at radius 1 is 0.966 bits per heavy atom. The summed E-state index contributed by atoms with van der Waals surface area (Å²) in [5.74, 6) is -0.608. The molecular formula is C23H25N3O3. The van der Waals surface area contributed by atoms with E-state index in [0.717, 1.165) is 24.2 Å². The van der Waals surface area contributed by atoms with E-state index >= 15 is 0 Å². The quantitative estimate of drug-likeness (QED) is 0.785. The SMILES string of the molecule is CN1CCN(C(=O)[C@@H]2c3ccccc3C(=O)N3CCO[C@]23c2ccccc2)CC1. The normalized spacial score (nSPS) is 26.9. The minimum Gasteiger partial charge on any atom is -0.348 e. The van der Waals surface area contributed by atoms with Gasteiger partial charge in [0.05, 0.1) is 6.61 Å². The van der Waals surface area contributed by atoms with Gasteiger partial charge in [0, 0.05) is 43.9 Å². The second-order valence-corrected chi connectivity index (χ2v) is 8.02. The zero-order chi connectivity index (χ0) is 20.0. The molecule has 5 rings (SSSR count). The van der Waals surface area contributed by atoms with Crippen LogP contribution in [0.4, 0.5) is 0 Å². The lowest BCUT2D eigenvalue weighted by molar-refractivity contribution is -0.153. The van der Waals surface area contributed by atoms with E-state index < -0.39 is 11.6 Å². The van der Waals surface area contributed by atoms with E-state index in [0.29, 0.717) is 31.8 Å². The van der Waals surface area contributed by atoms with Crippen molar-refractivity contribution >= 4 is 11.8 Å². The van der Waals surface area contributed by atoms with E-state index in [1.807, 2.05) is 59.5 Å². The first-order valence-corrected chi connectivity index (χ1v) is 10.2. The Kier molecular flexibility index (Phi) is 4.41. The molecule has 2 fully saturated rings. The maximum absolute atomic E-state index is 13.9. The average Bonchev–Trinajstić information content (AvgIpc) is 3.21. The van der Waals surface area contributed by atoms with Crippen LogP contribution < -0.4 is 0 Å². The molecule has 29 heavy (non-hydrogen) atoms. The van der Waals surface area contributed by atoms with Crippen molar-refractivity contribution in [2.75, 3.05) is 46.4 Å². The largest absolute Gasteiger partial charge is 0.348 e. The summed E-state index contributed by atoms with van der Waals surface area (Å²) in [5.41, 5.74) is 1.14. The Morgan fingerprint density at radius 2 is 1.66 bits per heavy atom. The minimum atomic E-state index is -1.09. The molecule has 6 nitrogen and oxygen atoms in total. The first kappa shape index (κ1) is 18.3. The molecule has 0 radical (unpaired) electrons. The molecule has 0 unspecified atom stereocenters. The van der Waals surface area contributed by atoms with Crippen molar-refractivity contribution in [1.29, 1.82) is 0 Å². The second-order valence-electron chi connectivity index (χ2n) is 8.02. The van der Waals surface area contributed by atoms with Crippen molar-refractivity contribution < 1.29 is 14.3 Å². The van der Waals surface area contributed by atoms with Gasteiger partial charge in [-0.15, -0.1) is 0 Å². The Bertz CT molecular complexity index is 939. The van der Waals surface area contributed by atoms with Crippen molar-refractivity contribution in [2.45, 2.75) is 11.6 Å². The fourth-order valence-corrected chi connectivity index (χ4v) is 4.92. The van der Waals surface area contributed by atoms with E-state index in [2.05, 4.69) is 11.9 Å². The minimum absolute atomic E-state index is 0.0359. The number of nitrogens with zero attached hydrogens (tertiary/aromatic N) is 3. The monoisotopic (exact) mass is 391 g/mol. The maximum atomic E-state index is 13.9. The summed E-state index contributed by atoms with van der Waals surface area (Å²) in [5, 5.41) is 0. The summed E-state index contributed by atoms with van der Waals surface area (Å²) in [6, 6.07) is 17.2. The van der Waals surface area contributed by atoms with Gasteiger partial charge >= 0.3 is 0 Å². The van der Waals surface area contributed by atoms with Crippen LogP contribution in [-0.2, 0) is 15.3 Å². The van der Waals surface area contributed by atoms with Crippen LogP contribution in [0.5, 0.6) is 0 Å². The van der Waals surface area contributed by atoms with Gasteiger partial charge in [0.1, 0.15) is 5.92 Å². The van der Waals surface area contributed by atoms with E-state index in [4.69, 9.17) is 4.74 Å². The number of amides is 2. The van der Waals surface area contributed by atoms with Gasteiger partial charge in [-0.25, -0.2) is 0 Å². The number of fused-ring (bicyclic) bond motifs is 2.